The summed E-state index contributed by atoms with van der Waals surface area (Å²) >= 11 is 0. The summed E-state index contributed by atoms with van der Waals surface area (Å²) in [5, 5.41) is 22.8. The number of ether oxygens (including phenoxy) is 1. The summed E-state index contributed by atoms with van der Waals surface area (Å²) in [6, 6.07) is 4.19. The number of nitro groups is 1. The molecule has 1 aliphatic carbocycles. The van der Waals surface area contributed by atoms with Crippen molar-refractivity contribution >= 4 is 17.3 Å². The standard InChI is InChI=1S/C12H14N2O5/c1-2-19-10-6-8(5-9(7-10)14(17)18)13-12(3-4-12)11(15)16/h5-7,13H,2-4H2,1H3,(H,15,16). The molecule has 0 aromatic heterocycles. The quantitative estimate of drug-likeness (QED) is 0.603. The molecule has 102 valence electrons. The first-order valence-corrected chi connectivity index (χ1v) is 5.91. The highest BCUT2D eigenvalue weighted by atomic mass is 16.6. The molecule has 0 radical (unpaired) electrons. The predicted molar refractivity (Wildman–Crippen MR) is 67.5 cm³/mol. The Morgan fingerprint density at radius 3 is 2.68 bits per heavy atom. The third kappa shape index (κ3) is 2.75. The van der Waals surface area contributed by atoms with Gasteiger partial charge in [-0.2, -0.15) is 0 Å². The smallest absolute Gasteiger partial charge is 0.329 e. The molecule has 2 rings (SSSR count). The fourth-order valence-electron chi connectivity index (χ4n) is 1.80. The van der Waals surface area contributed by atoms with E-state index in [0.717, 1.165) is 0 Å². The maximum absolute atomic E-state index is 11.1. The van der Waals surface area contributed by atoms with Gasteiger partial charge in [-0.3, -0.25) is 10.1 Å². The molecule has 1 aliphatic rings. The molecule has 19 heavy (non-hydrogen) atoms. The molecule has 0 aliphatic heterocycles. The number of nitrogens with zero attached hydrogens (tertiary/aromatic N) is 1. The van der Waals surface area contributed by atoms with E-state index in [2.05, 4.69) is 5.32 Å². The summed E-state index contributed by atoms with van der Waals surface area (Å²) in [6.07, 6.45) is 1.02. The third-order valence-corrected chi connectivity index (χ3v) is 2.96. The summed E-state index contributed by atoms with van der Waals surface area (Å²) < 4.78 is 5.24. The van der Waals surface area contributed by atoms with Gasteiger partial charge in [-0.25, -0.2) is 4.79 Å². The van der Waals surface area contributed by atoms with E-state index in [4.69, 9.17) is 9.84 Å². The normalized spacial score (nSPS) is 15.6. The zero-order valence-corrected chi connectivity index (χ0v) is 10.4. The van der Waals surface area contributed by atoms with Crippen LogP contribution in [0.2, 0.25) is 0 Å². The van der Waals surface area contributed by atoms with E-state index in [1.54, 1.807) is 13.0 Å². The van der Waals surface area contributed by atoms with Gasteiger partial charge in [0.1, 0.15) is 11.3 Å². The molecule has 0 unspecified atom stereocenters. The fourth-order valence-corrected chi connectivity index (χ4v) is 1.80. The number of carboxylic acid groups (broad SMARTS) is 1. The number of hydrogen-bond donors (Lipinski definition) is 2. The van der Waals surface area contributed by atoms with E-state index in [9.17, 15) is 14.9 Å². The summed E-state index contributed by atoms with van der Waals surface area (Å²) in [5.41, 5.74) is -0.731. The second-order valence-corrected chi connectivity index (χ2v) is 4.42. The van der Waals surface area contributed by atoms with Crippen LogP contribution in [0.5, 0.6) is 5.75 Å². The number of aliphatic carboxylic acids is 1. The van der Waals surface area contributed by atoms with Gasteiger partial charge in [0.05, 0.1) is 17.6 Å². The van der Waals surface area contributed by atoms with Crippen molar-refractivity contribution in [1.82, 2.24) is 0 Å². The van der Waals surface area contributed by atoms with Crippen LogP contribution in [-0.4, -0.2) is 28.1 Å². The number of rotatable bonds is 6. The number of nitrogens with one attached hydrogen (secondary N) is 1. The van der Waals surface area contributed by atoms with Gasteiger partial charge in [0, 0.05) is 17.8 Å². The van der Waals surface area contributed by atoms with Crippen molar-refractivity contribution in [3.8, 4) is 5.75 Å². The number of non-ortho nitro benzene ring substituents is 1. The van der Waals surface area contributed by atoms with E-state index < -0.39 is 16.4 Å². The van der Waals surface area contributed by atoms with Crippen LogP contribution in [0, 0.1) is 10.1 Å². The molecule has 0 amide bonds. The molecule has 0 atom stereocenters. The van der Waals surface area contributed by atoms with Crippen molar-refractivity contribution in [2.45, 2.75) is 25.3 Å². The van der Waals surface area contributed by atoms with Gasteiger partial charge in [0.2, 0.25) is 0 Å². The summed E-state index contributed by atoms with van der Waals surface area (Å²) in [4.78, 5) is 21.4. The van der Waals surface area contributed by atoms with Crippen LogP contribution in [0.25, 0.3) is 0 Å². The monoisotopic (exact) mass is 266 g/mol. The molecule has 0 heterocycles. The highest BCUT2D eigenvalue weighted by Crippen LogP contribution is 2.40. The van der Waals surface area contributed by atoms with Gasteiger partial charge < -0.3 is 15.2 Å². The van der Waals surface area contributed by atoms with Crippen molar-refractivity contribution in [2.75, 3.05) is 11.9 Å². The average Bonchev–Trinajstić information content (AvgIpc) is 3.10. The highest BCUT2D eigenvalue weighted by molar-refractivity contribution is 5.86. The van der Waals surface area contributed by atoms with Crippen molar-refractivity contribution in [3.63, 3.8) is 0 Å². The average molecular weight is 266 g/mol. The number of carbonyl (C=O) groups is 1. The van der Waals surface area contributed by atoms with E-state index in [-0.39, 0.29) is 5.69 Å². The molecule has 1 aromatic carbocycles. The Hall–Kier alpha value is -2.31. The SMILES string of the molecule is CCOc1cc(NC2(C(=O)O)CC2)cc([N+](=O)[O-])c1. The topological polar surface area (TPSA) is 102 Å². The van der Waals surface area contributed by atoms with E-state index in [0.29, 0.717) is 30.9 Å². The Labute approximate surface area is 109 Å². The number of anilines is 1. The number of carboxylic acids is 1. The minimum atomic E-state index is -0.987. The minimum absolute atomic E-state index is 0.130. The predicted octanol–water partition coefficient (Wildman–Crippen LogP) is 2.02. The second-order valence-electron chi connectivity index (χ2n) is 4.42. The molecular weight excluding hydrogens is 252 g/mol. The van der Waals surface area contributed by atoms with Gasteiger partial charge in [-0.1, -0.05) is 0 Å². The lowest BCUT2D eigenvalue weighted by Gasteiger charge is -2.14. The fraction of sp³-hybridized carbons (Fsp3) is 0.417. The number of nitro benzene ring substituents is 1. The Morgan fingerprint density at radius 1 is 1.53 bits per heavy atom. The molecule has 0 saturated heterocycles. The molecule has 7 nitrogen and oxygen atoms in total. The first kappa shape index (κ1) is 13.1. The van der Waals surface area contributed by atoms with Gasteiger partial charge in [-0.05, 0) is 19.8 Å². The Bertz CT molecular complexity index is 525. The minimum Gasteiger partial charge on any atom is -0.494 e. The third-order valence-electron chi connectivity index (χ3n) is 2.96. The van der Waals surface area contributed by atoms with Crippen LogP contribution < -0.4 is 10.1 Å². The van der Waals surface area contributed by atoms with E-state index in [1.807, 2.05) is 0 Å². The summed E-state index contributed by atoms with van der Waals surface area (Å²) in [7, 11) is 0. The van der Waals surface area contributed by atoms with E-state index >= 15 is 0 Å². The largest absolute Gasteiger partial charge is 0.494 e. The van der Waals surface area contributed by atoms with Crippen molar-refractivity contribution in [1.29, 1.82) is 0 Å². The zero-order valence-electron chi connectivity index (χ0n) is 10.4. The Balaban J connectivity index is 2.29. The molecule has 0 bridgehead atoms. The molecule has 1 aromatic rings. The number of hydrogen-bond acceptors (Lipinski definition) is 5. The van der Waals surface area contributed by atoms with Crippen LogP contribution in [0.15, 0.2) is 18.2 Å². The molecule has 1 saturated carbocycles. The zero-order chi connectivity index (χ0) is 14.0. The van der Waals surface area contributed by atoms with Gasteiger partial charge in [0.15, 0.2) is 0 Å². The lowest BCUT2D eigenvalue weighted by molar-refractivity contribution is -0.384. The highest BCUT2D eigenvalue weighted by Gasteiger charge is 2.50. The Kier molecular flexibility index (Phi) is 3.28. The molecule has 0 spiro atoms. The lowest BCUT2D eigenvalue weighted by Crippen LogP contribution is -2.31. The Morgan fingerprint density at radius 2 is 2.21 bits per heavy atom. The van der Waals surface area contributed by atoms with Crippen molar-refractivity contribution in [3.05, 3.63) is 28.3 Å². The summed E-state index contributed by atoms with van der Waals surface area (Å²) in [5.74, 6) is -0.600. The van der Waals surface area contributed by atoms with Crippen LogP contribution >= 0.6 is 0 Å². The number of benzene rings is 1. The first-order valence-electron chi connectivity index (χ1n) is 5.91. The molecule has 7 heteroatoms. The lowest BCUT2D eigenvalue weighted by atomic mass is 10.2. The van der Waals surface area contributed by atoms with Crippen molar-refractivity contribution in [2.24, 2.45) is 0 Å². The van der Waals surface area contributed by atoms with E-state index in [1.165, 1.54) is 12.1 Å². The molecule has 2 N–H and O–H groups in total. The van der Waals surface area contributed by atoms with Crippen molar-refractivity contribution < 1.29 is 19.6 Å². The van der Waals surface area contributed by atoms with Crippen LogP contribution in [0.4, 0.5) is 11.4 Å². The maximum atomic E-state index is 11.1. The second kappa shape index (κ2) is 4.75. The maximum Gasteiger partial charge on any atom is 0.329 e. The van der Waals surface area contributed by atoms with Gasteiger partial charge >= 0.3 is 5.97 Å². The van der Waals surface area contributed by atoms with Crippen LogP contribution in [0.1, 0.15) is 19.8 Å². The first-order chi connectivity index (χ1) is 8.97. The summed E-state index contributed by atoms with van der Waals surface area (Å²) in [6.45, 7) is 2.15. The van der Waals surface area contributed by atoms with Crippen LogP contribution in [-0.2, 0) is 4.79 Å². The van der Waals surface area contributed by atoms with Gasteiger partial charge in [0.25, 0.3) is 5.69 Å². The molecule has 1 fully saturated rings. The molecular formula is C12H14N2O5. The van der Waals surface area contributed by atoms with Crippen LogP contribution in [0.3, 0.4) is 0 Å². The van der Waals surface area contributed by atoms with Gasteiger partial charge in [-0.15, -0.1) is 0 Å².